The third kappa shape index (κ3) is 7.86. The summed E-state index contributed by atoms with van der Waals surface area (Å²) < 4.78 is 11.4. The largest absolute Gasteiger partial charge is 0.459 e. The van der Waals surface area contributed by atoms with Gasteiger partial charge in [0, 0.05) is 6.42 Å². The van der Waals surface area contributed by atoms with Crippen LogP contribution in [0.4, 0.5) is 0 Å². The Bertz CT molecular complexity index is 739. The normalized spacial score (nSPS) is 12.8. The third-order valence-electron chi connectivity index (χ3n) is 5.44. The molecule has 0 fully saturated rings. The van der Waals surface area contributed by atoms with Crippen LogP contribution in [0.3, 0.4) is 0 Å². The molecule has 0 saturated heterocycles. The van der Waals surface area contributed by atoms with Crippen LogP contribution in [0.15, 0.2) is 48.5 Å². The Morgan fingerprint density at radius 3 is 1.29 bits per heavy atom. The molecule has 4 heteroatoms. The first-order valence-corrected chi connectivity index (χ1v) is 11.6. The molecule has 2 aromatic rings. The molecule has 168 valence electrons. The first kappa shape index (κ1) is 24.6. The molecule has 4 nitrogen and oxygen atoms in total. The molecule has 2 atom stereocenters. The lowest BCUT2D eigenvalue weighted by atomic mass is 10.1. The molecule has 2 aromatic carbocycles. The molecule has 2 rings (SSSR count). The number of carbonyl (C=O) groups is 2. The monoisotopic (exact) mass is 424 g/mol. The van der Waals surface area contributed by atoms with Gasteiger partial charge in [0.15, 0.2) is 0 Å². The van der Waals surface area contributed by atoms with Gasteiger partial charge >= 0.3 is 11.9 Å². The molecular formula is C27H36O4. The lowest BCUT2D eigenvalue weighted by Crippen LogP contribution is -2.27. The molecule has 0 aliphatic rings. The fourth-order valence-electron chi connectivity index (χ4n) is 3.52. The second kappa shape index (κ2) is 12.9. The first-order valence-electron chi connectivity index (χ1n) is 11.6. The van der Waals surface area contributed by atoms with E-state index in [1.807, 2.05) is 62.4 Å². The maximum Gasteiger partial charge on any atom is 0.338 e. The van der Waals surface area contributed by atoms with E-state index in [-0.39, 0.29) is 24.1 Å². The van der Waals surface area contributed by atoms with Crippen molar-refractivity contribution in [2.45, 2.75) is 84.8 Å². The molecule has 0 N–H and O–H groups in total. The quantitative estimate of drug-likeness (QED) is 0.362. The van der Waals surface area contributed by atoms with Gasteiger partial charge in [0.05, 0.1) is 11.1 Å². The summed E-state index contributed by atoms with van der Waals surface area (Å²) in [6, 6.07) is 15.2. The van der Waals surface area contributed by atoms with Gasteiger partial charge in [0.25, 0.3) is 0 Å². The van der Waals surface area contributed by atoms with Crippen LogP contribution >= 0.6 is 0 Å². The maximum absolute atomic E-state index is 12.6. The van der Waals surface area contributed by atoms with Crippen molar-refractivity contribution in [3.63, 3.8) is 0 Å². The van der Waals surface area contributed by atoms with Gasteiger partial charge in [0.1, 0.15) is 12.2 Å². The topological polar surface area (TPSA) is 52.6 Å². The van der Waals surface area contributed by atoms with E-state index in [9.17, 15) is 9.59 Å². The highest BCUT2D eigenvalue weighted by Crippen LogP contribution is 2.18. The Hall–Kier alpha value is -2.62. The Balaban J connectivity index is 1.93. The summed E-state index contributed by atoms with van der Waals surface area (Å²) in [5, 5.41) is 0. The number of rotatable bonds is 12. The van der Waals surface area contributed by atoms with Crippen molar-refractivity contribution in [1.29, 1.82) is 0 Å². The van der Waals surface area contributed by atoms with Crippen LogP contribution in [0.5, 0.6) is 0 Å². The van der Waals surface area contributed by atoms with E-state index in [4.69, 9.17) is 9.47 Å². The van der Waals surface area contributed by atoms with Crippen molar-refractivity contribution in [1.82, 2.24) is 0 Å². The fraction of sp³-hybridized carbons (Fsp3) is 0.481. The van der Waals surface area contributed by atoms with Gasteiger partial charge in [-0.3, -0.25) is 0 Å². The van der Waals surface area contributed by atoms with E-state index in [0.717, 1.165) is 25.7 Å². The highest BCUT2D eigenvalue weighted by molar-refractivity contribution is 5.90. The van der Waals surface area contributed by atoms with Gasteiger partial charge in [-0.2, -0.15) is 0 Å². The zero-order valence-electron chi connectivity index (χ0n) is 19.4. The van der Waals surface area contributed by atoms with Gasteiger partial charge in [-0.05, 0) is 61.1 Å². The van der Waals surface area contributed by atoms with Gasteiger partial charge in [-0.1, -0.05) is 64.8 Å². The number of carbonyl (C=O) groups excluding carboxylic acids is 2. The highest BCUT2D eigenvalue weighted by Gasteiger charge is 2.22. The molecule has 0 bridgehead atoms. The van der Waals surface area contributed by atoms with Crippen LogP contribution < -0.4 is 0 Å². The summed E-state index contributed by atoms with van der Waals surface area (Å²) >= 11 is 0. The molecule has 0 heterocycles. The molecule has 0 radical (unpaired) electrons. The number of hydrogen-bond acceptors (Lipinski definition) is 4. The zero-order chi connectivity index (χ0) is 22.6. The molecule has 0 spiro atoms. The third-order valence-corrected chi connectivity index (χ3v) is 5.44. The number of hydrogen-bond donors (Lipinski definition) is 0. The van der Waals surface area contributed by atoms with Crippen molar-refractivity contribution in [3.05, 3.63) is 70.8 Å². The Labute approximate surface area is 187 Å². The van der Waals surface area contributed by atoms with Crippen LogP contribution in [0.2, 0.25) is 0 Å². The fourth-order valence-corrected chi connectivity index (χ4v) is 3.52. The Kier molecular flexibility index (Phi) is 10.3. The number of benzene rings is 2. The highest BCUT2D eigenvalue weighted by atomic mass is 16.6. The minimum absolute atomic E-state index is 0.299. The molecule has 0 aromatic heterocycles. The van der Waals surface area contributed by atoms with Crippen molar-refractivity contribution in [3.8, 4) is 0 Å². The summed E-state index contributed by atoms with van der Waals surface area (Å²) in [6.45, 7) is 8.21. The molecule has 0 amide bonds. The minimum atomic E-state index is -0.331. The number of ether oxygens (including phenoxy) is 2. The molecule has 0 aliphatic carbocycles. The first-order chi connectivity index (χ1) is 15.0. The van der Waals surface area contributed by atoms with E-state index >= 15 is 0 Å². The summed E-state index contributed by atoms with van der Waals surface area (Å²) in [5.74, 6) is -0.662. The van der Waals surface area contributed by atoms with Gasteiger partial charge in [0.2, 0.25) is 0 Å². The zero-order valence-corrected chi connectivity index (χ0v) is 19.4. The molecule has 0 unspecified atom stereocenters. The summed E-state index contributed by atoms with van der Waals surface area (Å²) in [4.78, 5) is 25.1. The van der Waals surface area contributed by atoms with Crippen LogP contribution in [0.1, 0.15) is 91.6 Å². The summed E-state index contributed by atoms with van der Waals surface area (Å²) in [5.41, 5.74) is 3.53. The second-order valence-electron chi connectivity index (χ2n) is 8.00. The minimum Gasteiger partial charge on any atom is -0.459 e. The summed E-state index contributed by atoms with van der Waals surface area (Å²) in [6.07, 6.45) is 5.37. The van der Waals surface area contributed by atoms with Crippen LogP contribution in [0.25, 0.3) is 0 Å². The van der Waals surface area contributed by atoms with E-state index in [1.54, 1.807) is 0 Å². The predicted molar refractivity (Wildman–Crippen MR) is 124 cm³/mol. The maximum atomic E-state index is 12.6. The average Bonchev–Trinajstić information content (AvgIpc) is 2.79. The van der Waals surface area contributed by atoms with Crippen molar-refractivity contribution in [2.24, 2.45) is 0 Å². The van der Waals surface area contributed by atoms with Crippen LogP contribution in [-0.4, -0.2) is 24.1 Å². The summed E-state index contributed by atoms with van der Waals surface area (Å²) in [7, 11) is 0. The standard InChI is InChI=1S/C27H36O4/c1-5-9-20-11-15-22(16-12-20)26(28)30-24(7-3)19-25(8-4)31-27(29)23-17-13-21(10-6-2)14-18-23/h11-18,24-25H,5-10,19H2,1-4H3/t24-,25-/m1/s1. The van der Waals surface area contributed by atoms with Crippen LogP contribution in [-0.2, 0) is 22.3 Å². The smallest absolute Gasteiger partial charge is 0.338 e. The molecular weight excluding hydrogens is 388 g/mol. The lowest BCUT2D eigenvalue weighted by molar-refractivity contribution is -0.00187. The average molecular weight is 425 g/mol. The SMILES string of the molecule is CCCc1ccc(C(=O)O[C@H](CC)C[C@@H](CC)OC(=O)c2ccc(CCC)cc2)cc1. The van der Waals surface area contributed by atoms with Crippen molar-refractivity contribution < 1.29 is 19.1 Å². The lowest BCUT2D eigenvalue weighted by Gasteiger charge is -2.22. The molecule has 0 aliphatic heterocycles. The van der Waals surface area contributed by atoms with Gasteiger partial charge in [-0.25, -0.2) is 9.59 Å². The molecule has 0 saturated carbocycles. The van der Waals surface area contributed by atoms with Crippen molar-refractivity contribution >= 4 is 11.9 Å². The number of esters is 2. The van der Waals surface area contributed by atoms with E-state index < -0.39 is 0 Å². The Morgan fingerprint density at radius 1 is 0.645 bits per heavy atom. The molecule has 31 heavy (non-hydrogen) atoms. The predicted octanol–water partition coefficient (Wildman–Crippen LogP) is 6.55. The van der Waals surface area contributed by atoms with Crippen molar-refractivity contribution in [2.75, 3.05) is 0 Å². The Morgan fingerprint density at radius 2 is 1.00 bits per heavy atom. The van der Waals surface area contributed by atoms with Gasteiger partial charge in [-0.15, -0.1) is 0 Å². The van der Waals surface area contributed by atoms with Gasteiger partial charge < -0.3 is 9.47 Å². The van der Waals surface area contributed by atoms with Crippen LogP contribution in [0, 0.1) is 0 Å². The van der Waals surface area contributed by atoms with E-state index in [1.165, 1.54) is 11.1 Å². The van der Waals surface area contributed by atoms with E-state index in [2.05, 4.69) is 13.8 Å². The number of aryl methyl sites for hydroxylation is 2. The second-order valence-corrected chi connectivity index (χ2v) is 8.00. The van der Waals surface area contributed by atoms with E-state index in [0.29, 0.717) is 30.4 Å².